The van der Waals surface area contributed by atoms with Crippen LogP contribution in [0.2, 0.25) is 5.02 Å². The summed E-state index contributed by atoms with van der Waals surface area (Å²) in [7, 11) is -3.63. The Bertz CT molecular complexity index is 586. The maximum absolute atomic E-state index is 12.8. The predicted molar refractivity (Wildman–Crippen MR) is 89.2 cm³/mol. The zero-order chi connectivity index (χ0) is 16.2. The van der Waals surface area contributed by atoms with Gasteiger partial charge in [0.15, 0.2) is 0 Å². The minimum atomic E-state index is -3.63. The van der Waals surface area contributed by atoms with E-state index in [1.54, 1.807) is 13.0 Å². The quantitative estimate of drug-likeness (QED) is 0.609. The van der Waals surface area contributed by atoms with Crippen molar-refractivity contribution in [3.8, 4) is 0 Å². The summed E-state index contributed by atoms with van der Waals surface area (Å²) in [6.45, 7) is 8.13. The number of aryl methyl sites for hydroxylation is 1. The number of unbranched alkanes of at least 4 members (excludes halogenated alkanes) is 2. The smallest absolute Gasteiger partial charge is 0.244 e. The van der Waals surface area contributed by atoms with Gasteiger partial charge < -0.3 is 5.73 Å². The molecule has 0 aliphatic carbocycles. The Balaban J connectivity index is 3.20. The molecule has 0 saturated carbocycles. The van der Waals surface area contributed by atoms with Gasteiger partial charge in [0.1, 0.15) is 4.90 Å². The molecular weight excluding hydrogens is 308 g/mol. The lowest BCUT2D eigenvalue weighted by Gasteiger charge is -2.26. The topological polar surface area (TPSA) is 63.4 Å². The van der Waals surface area contributed by atoms with Crippen LogP contribution in [0.15, 0.2) is 17.0 Å². The molecule has 0 heterocycles. The van der Waals surface area contributed by atoms with Crippen molar-refractivity contribution in [3.63, 3.8) is 0 Å². The van der Waals surface area contributed by atoms with E-state index in [0.717, 1.165) is 24.8 Å². The molecule has 0 atom stereocenters. The fraction of sp³-hybridized carbons (Fsp3) is 0.600. The molecule has 0 saturated heterocycles. The van der Waals surface area contributed by atoms with E-state index in [9.17, 15) is 8.42 Å². The van der Waals surface area contributed by atoms with Gasteiger partial charge in [0.2, 0.25) is 10.0 Å². The van der Waals surface area contributed by atoms with Crippen LogP contribution >= 0.6 is 11.6 Å². The molecule has 1 aromatic carbocycles. The van der Waals surface area contributed by atoms with E-state index < -0.39 is 10.0 Å². The number of sulfonamides is 1. The summed E-state index contributed by atoms with van der Waals surface area (Å²) < 4.78 is 27.2. The Morgan fingerprint density at radius 2 is 1.90 bits per heavy atom. The molecule has 0 amide bonds. The number of rotatable bonds is 7. The average molecular weight is 333 g/mol. The van der Waals surface area contributed by atoms with Gasteiger partial charge in [-0.2, -0.15) is 4.31 Å². The van der Waals surface area contributed by atoms with Crippen LogP contribution in [0.25, 0.3) is 0 Å². The van der Waals surface area contributed by atoms with Crippen molar-refractivity contribution in [2.24, 2.45) is 0 Å². The van der Waals surface area contributed by atoms with Crippen LogP contribution in [-0.4, -0.2) is 25.3 Å². The van der Waals surface area contributed by atoms with E-state index in [0.29, 0.717) is 12.2 Å². The van der Waals surface area contributed by atoms with Crippen molar-refractivity contribution in [3.05, 3.63) is 22.7 Å². The summed E-state index contributed by atoms with van der Waals surface area (Å²) >= 11 is 6.13. The predicted octanol–water partition coefficient (Wildman–Crippen LogP) is 3.82. The van der Waals surface area contributed by atoms with Gasteiger partial charge in [-0.05, 0) is 44.9 Å². The summed E-state index contributed by atoms with van der Waals surface area (Å²) in [6, 6.07) is 2.95. The van der Waals surface area contributed by atoms with Gasteiger partial charge >= 0.3 is 0 Å². The van der Waals surface area contributed by atoms with E-state index in [2.05, 4.69) is 6.92 Å². The molecular formula is C15H25ClN2O2S. The number of nitrogen functional groups attached to an aromatic ring is 1. The molecule has 6 heteroatoms. The average Bonchev–Trinajstić information content (AvgIpc) is 2.38. The fourth-order valence-electron chi connectivity index (χ4n) is 2.17. The molecule has 0 aliphatic rings. The molecule has 21 heavy (non-hydrogen) atoms. The monoisotopic (exact) mass is 332 g/mol. The second-order valence-corrected chi connectivity index (χ2v) is 7.82. The van der Waals surface area contributed by atoms with Crippen LogP contribution in [0, 0.1) is 6.92 Å². The SMILES string of the molecule is CCCCCN(C(C)C)S(=O)(=O)c1cc(N)c(C)cc1Cl. The molecule has 1 rings (SSSR count). The third kappa shape index (κ3) is 4.34. The lowest BCUT2D eigenvalue weighted by atomic mass is 10.2. The standard InChI is InChI=1S/C15H25ClN2O2S/c1-5-6-7-8-18(11(2)3)21(19,20)15-10-14(17)12(4)9-13(15)16/h9-11H,5-8,17H2,1-4H3. The largest absolute Gasteiger partial charge is 0.398 e. The van der Waals surface area contributed by atoms with E-state index >= 15 is 0 Å². The van der Waals surface area contributed by atoms with Gasteiger partial charge in [0, 0.05) is 18.3 Å². The van der Waals surface area contributed by atoms with Gasteiger partial charge in [-0.15, -0.1) is 0 Å². The Morgan fingerprint density at radius 1 is 1.29 bits per heavy atom. The Labute approximate surface area is 133 Å². The number of benzene rings is 1. The molecule has 0 bridgehead atoms. The van der Waals surface area contributed by atoms with E-state index in [1.807, 2.05) is 13.8 Å². The van der Waals surface area contributed by atoms with E-state index in [1.165, 1.54) is 10.4 Å². The van der Waals surface area contributed by atoms with Crippen LogP contribution in [0.1, 0.15) is 45.6 Å². The number of hydrogen-bond acceptors (Lipinski definition) is 3. The third-order valence-electron chi connectivity index (χ3n) is 3.47. The van der Waals surface area contributed by atoms with Crippen molar-refractivity contribution in [2.45, 2.75) is 57.9 Å². The first-order valence-electron chi connectivity index (χ1n) is 7.29. The molecule has 0 spiro atoms. The van der Waals surface area contributed by atoms with Crippen LogP contribution in [-0.2, 0) is 10.0 Å². The summed E-state index contributed by atoms with van der Waals surface area (Å²) in [5, 5.41) is 0.225. The van der Waals surface area contributed by atoms with E-state index in [4.69, 9.17) is 17.3 Å². The van der Waals surface area contributed by atoms with Crippen molar-refractivity contribution in [1.29, 1.82) is 0 Å². The van der Waals surface area contributed by atoms with Crippen molar-refractivity contribution >= 4 is 27.3 Å². The van der Waals surface area contributed by atoms with Gasteiger partial charge in [0.25, 0.3) is 0 Å². The Hall–Kier alpha value is -0.780. The highest BCUT2D eigenvalue weighted by Gasteiger charge is 2.29. The molecule has 1 aromatic rings. The maximum atomic E-state index is 12.8. The minimum absolute atomic E-state index is 0.0949. The maximum Gasteiger partial charge on any atom is 0.244 e. The fourth-order valence-corrected chi connectivity index (χ4v) is 4.44. The molecule has 0 aromatic heterocycles. The van der Waals surface area contributed by atoms with Crippen LogP contribution in [0.4, 0.5) is 5.69 Å². The summed E-state index contributed by atoms with van der Waals surface area (Å²) in [5.41, 5.74) is 7.06. The first kappa shape index (κ1) is 18.3. The highest BCUT2D eigenvalue weighted by atomic mass is 35.5. The summed E-state index contributed by atoms with van der Waals surface area (Å²) in [6.07, 6.45) is 2.89. The Morgan fingerprint density at radius 3 is 2.43 bits per heavy atom. The van der Waals surface area contributed by atoms with Gasteiger partial charge in [-0.3, -0.25) is 0 Å². The molecule has 0 radical (unpaired) electrons. The number of hydrogen-bond donors (Lipinski definition) is 1. The van der Waals surface area contributed by atoms with Crippen LogP contribution in [0.3, 0.4) is 0 Å². The lowest BCUT2D eigenvalue weighted by molar-refractivity contribution is 0.345. The second kappa shape index (κ2) is 7.47. The third-order valence-corrected chi connectivity index (χ3v) is 6.01. The Kier molecular flexibility index (Phi) is 6.50. The van der Waals surface area contributed by atoms with Gasteiger partial charge in [-0.25, -0.2) is 8.42 Å². The van der Waals surface area contributed by atoms with Crippen LogP contribution < -0.4 is 5.73 Å². The lowest BCUT2D eigenvalue weighted by Crippen LogP contribution is -2.37. The van der Waals surface area contributed by atoms with Crippen molar-refractivity contribution in [1.82, 2.24) is 4.31 Å². The number of nitrogens with two attached hydrogens (primary N) is 1. The molecule has 0 fully saturated rings. The minimum Gasteiger partial charge on any atom is -0.398 e. The van der Waals surface area contributed by atoms with Crippen molar-refractivity contribution < 1.29 is 8.42 Å². The number of nitrogens with zero attached hydrogens (tertiary/aromatic N) is 1. The van der Waals surface area contributed by atoms with Crippen LogP contribution in [0.5, 0.6) is 0 Å². The van der Waals surface area contributed by atoms with E-state index in [-0.39, 0.29) is 16.0 Å². The number of anilines is 1. The normalized spacial score (nSPS) is 12.3. The molecule has 4 nitrogen and oxygen atoms in total. The highest BCUT2D eigenvalue weighted by molar-refractivity contribution is 7.89. The number of halogens is 1. The second-order valence-electron chi connectivity index (χ2n) is 5.56. The molecule has 0 unspecified atom stereocenters. The molecule has 0 aliphatic heterocycles. The zero-order valence-corrected chi connectivity index (χ0v) is 14.8. The first-order chi connectivity index (χ1) is 9.71. The zero-order valence-electron chi connectivity index (χ0n) is 13.2. The first-order valence-corrected chi connectivity index (χ1v) is 9.11. The van der Waals surface area contributed by atoms with Gasteiger partial charge in [0.05, 0.1) is 5.02 Å². The highest BCUT2D eigenvalue weighted by Crippen LogP contribution is 2.30. The summed E-state index contributed by atoms with van der Waals surface area (Å²) in [5.74, 6) is 0. The molecule has 2 N–H and O–H groups in total. The van der Waals surface area contributed by atoms with Gasteiger partial charge in [-0.1, -0.05) is 31.4 Å². The van der Waals surface area contributed by atoms with Crippen molar-refractivity contribution in [2.75, 3.05) is 12.3 Å². The molecule has 120 valence electrons. The summed E-state index contributed by atoms with van der Waals surface area (Å²) in [4.78, 5) is 0.0949.